The van der Waals surface area contributed by atoms with Gasteiger partial charge < -0.3 is 9.88 Å². The molecule has 0 aliphatic carbocycles. The van der Waals surface area contributed by atoms with Gasteiger partial charge in [0.1, 0.15) is 12.1 Å². The highest BCUT2D eigenvalue weighted by Crippen LogP contribution is 2.33. The first-order valence-corrected chi connectivity index (χ1v) is 8.34. The van der Waals surface area contributed by atoms with Crippen molar-refractivity contribution < 1.29 is 4.79 Å². The van der Waals surface area contributed by atoms with Crippen LogP contribution in [0.2, 0.25) is 0 Å². The van der Waals surface area contributed by atoms with E-state index in [1.807, 2.05) is 41.9 Å². The first kappa shape index (κ1) is 16.2. The van der Waals surface area contributed by atoms with Gasteiger partial charge in [0.2, 0.25) is 0 Å². The Kier molecular flexibility index (Phi) is 4.90. The lowest BCUT2D eigenvalue weighted by Crippen LogP contribution is -2.13. The van der Waals surface area contributed by atoms with Gasteiger partial charge in [0, 0.05) is 24.1 Å². The molecule has 24 heavy (non-hydrogen) atoms. The molecule has 3 rings (SSSR count). The Balaban J connectivity index is 1.73. The molecule has 1 amide bonds. The highest BCUT2D eigenvalue weighted by atomic mass is 32.2. The Labute approximate surface area is 144 Å². The molecule has 1 atom stereocenters. The summed E-state index contributed by atoms with van der Waals surface area (Å²) in [5, 5.41) is 11.7. The maximum Gasteiger partial charge on any atom is 0.256 e. The van der Waals surface area contributed by atoms with Crippen LogP contribution in [-0.2, 0) is 7.05 Å². The van der Waals surface area contributed by atoms with Crippen molar-refractivity contribution >= 4 is 23.5 Å². The predicted molar refractivity (Wildman–Crippen MR) is 93.9 cm³/mol. The van der Waals surface area contributed by atoms with Crippen LogP contribution in [-0.4, -0.2) is 25.7 Å². The highest BCUT2D eigenvalue weighted by Gasteiger charge is 2.14. The van der Waals surface area contributed by atoms with E-state index in [0.29, 0.717) is 11.4 Å². The van der Waals surface area contributed by atoms with E-state index in [0.717, 1.165) is 10.7 Å². The summed E-state index contributed by atoms with van der Waals surface area (Å²) in [5.74, 6) is 0.362. The van der Waals surface area contributed by atoms with Crippen LogP contribution < -0.4 is 5.32 Å². The van der Waals surface area contributed by atoms with Crippen molar-refractivity contribution in [3.63, 3.8) is 0 Å². The topological polar surface area (TPSA) is 72.7 Å². The molecule has 1 unspecified atom stereocenters. The number of thioether (sulfide) groups is 1. The second-order valence-corrected chi connectivity index (χ2v) is 6.59. The van der Waals surface area contributed by atoms with Gasteiger partial charge in [-0.25, -0.2) is 4.98 Å². The maximum atomic E-state index is 12.4. The molecule has 1 N–H and O–H groups in total. The molecular weight excluding hydrogens is 322 g/mol. The quantitative estimate of drug-likeness (QED) is 0.722. The smallest absolute Gasteiger partial charge is 0.256 e. The Bertz CT molecular complexity index is 834. The van der Waals surface area contributed by atoms with Crippen LogP contribution in [0.15, 0.2) is 60.1 Å². The minimum Gasteiger partial charge on any atom is -0.312 e. The summed E-state index contributed by atoms with van der Waals surface area (Å²) in [6, 6.07) is 13.0. The number of nitrogens with one attached hydrogen (secondary N) is 1. The molecule has 0 fully saturated rings. The average Bonchev–Trinajstić information content (AvgIpc) is 3.00. The van der Waals surface area contributed by atoms with Crippen molar-refractivity contribution in [3.05, 3.63) is 66.1 Å². The van der Waals surface area contributed by atoms with E-state index < -0.39 is 0 Å². The van der Waals surface area contributed by atoms with Gasteiger partial charge in [-0.3, -0.25) is 4.79 Å². The second-order valence-electron chi connectivity index (χ2n) is 5.28. The van der Waals surface area contributed by atoms with Crippen molar-refractivity contribution in [2.45, 2.75) is 17.3 Å². The van der Waals surface area contributed by atoms with Gasteiger partial charge in [0.25, 0.3) is 5.91 Å². The molecule has 122 valence electrons. The fourth-order valence-electron chi connectivity index (χ4n) is 2.16. The molecule has 0 radical (unpaired) electrons. The minimum atomic E-state index is -0.175. The zero-order chi connectivity index (χ0) is 16.9. The standard InChI is InChI=1S/C17H17N5OS/c1-12(24-17-21-19-11-22(17)2)13-6-5-7-14(10-13)16(23)20-15-8-3-4-9-18-15/h3-12H,1-2H3,(H,18,20,23). The van der Waals surface area contributed by atoms with Crippen LogP contribution in [0, 0.1) is 0 Å². The Morgan fingerprint density at radius 2 is 2.12 bits per heavy atom. The van der Waals surface area contributed by atoms with Crippen molar-refractivity contribution in [1.82, 2.24) is 19.7 Å². The zero-order valence-corrected chi connectivity index (χ0v) is 14.2. The van der Waals surface area contributed by atoms with Crippen molar-refractivity contribution in [3.8, 4) is 0 Å². The molecule has 0 saturated heterocycles. The average molecular weight is 339 g/mol. The third kappa shape index (κ3) is 3.80. The van der Waals surface area contributed by atoms with Gasteiger partial charge in [-0.2, -0.15) is 0 Å². The lowest BCUT2D eigenvalue weighted by atomic mass is 10.1. The van der Waals surface area contributed by atoms with E-state index in [1.54, 1.807) is 36.4 Å². The molecule has 0 aliphatic heterocycles. The number of benzene rings is 1. The summed E-state index contributed by atoms with van der Waals surface area (Å²) in [5.41, 5.74) is 1.65. The Morgan fingerprint density at radius 3 is 2.83 bits per heavy atom. The first-order chi connectivity index (χ1) is 11.6. The molecule has 0 bridgehead atoms. The van der Waals surface area contributed by atoms with Crippen LogP contribution in [0.1, 0.15) is 28.1 Å². The van der Waals surface area contributed by atoms with Crippen LogP contribution in [0.3, 0.4) is 0 Å². The molecule has 3 aromatic rings. The summed E-state index contributed by atoms with van der Waals surface area (Å²) < 4.78 is 1.87. The van der Waals surface area contributed by atoms with Gasteiger partial charge in [-0.15, -0.1) is 10.2 Å². The number of anilines is 1. The summed E-state index contributed by atoms with van der Waals surface area (Å²) in [4.78, 5) is 16.5. The Morgan fingerprint density at radius 1 is 1.25 bits per heavy atom. The van der Waals surface area contributed by atoms with E-state index in [4.69, 9.17) is 0 Å². The van der Waals surface area contributed by atoms with Gasteiger partial charge in [-0.05, 0) is 36.8 Å². The molecule has 2 aromatic heterocycles. The number of hydrogen-bond acceptors (Lipinski definition) is 5. The van der Waals surface area contributed by atoms with Crippen LogP contribution in [0.25, 0.3) is 0 Å². The van der Waals surface area contributed by atoms with E-state index in [9.17, 15) is 4.79 Å². The minimum absolute atomic E-state index is 0.149. The number of aryl methyl sites for hydroxylation is 1. The van der Waals surface area contributed by atoms with E-state index in [2.05, 4.69) is 27.4 Å². The molecule has 0 aliphatic rings. The molecule has 7 heteroatoms. The number of carbonyl (C=O) groups is 1. The van der Waals surface area contributed by atoms with Gasteiger partial charge in [-0.1, -0.05) is 30.0 Å². The van der Waals surface area contributed by atoms with Crippen molar-refractivity contribution in [2.75, 3.05) is 5.32 Å². The Hall–Kier alpha value is -2.67. The van der Waals surface area contributed by atoms with Crippen molar-refractivity contribution in [1.29, 1.82) is 0 Å². The summed E-state index contributed by atoms with van der Waals surface area (Å²) in [7, 11) is 1.91. The summed E-state index contributed by atoms with van der Waals surface area (Å²) in [6.45, 7) is 2.08. The fourth-order valence-corrected chi connectivity index (χ4v) is 3.07. The molecule has 2 heterocycles. The summed E-state index contributed by atoms with van der Waals surface area (Å²) >= 11 is 1.60. The monoisotopic (exact) mass is 339 g/mol. The van der Waals surface area contributed by atoms with E-state index in [1.165, 1.54) is 0 Å². The number of pyridine rings is 1. The van der Waals surface area contributed by atoms with Crippen LogP contribution in [0.4, 0.5) is 5.82 Å². The maximum absolute atomic E-state index is 12.4. The van der Waals surface area contributed by atoms with E-state index >= 15 is 0 Å². The normalized spacial score (nSPS) is 11.9. The van der Waals surface area contributed by atoms with Crippen LogP contribution in [0.5, 0.6) is 0 Å². The van der Waals surface area contributed by atoms with Gasteiger partial charge in [0.05, 0.1) is 0 Å². The highest BCUT2D eigenvalue weighted by molar-refractivity contribution is 7.99. The first-order valence-electron chi connectivity index (χ1n) is 7.46. The number of carbonyl (C=O) groups excluding carboxylic acids is 1. The van der Waals surface area contributed by atoms with Gasteiger partial charge >= 0.3 is 0 Å². The lowest BCUT2D eigenvalue weighted by Gasteiger charge is -2.12. The summed E-state index contributed by atoms with van der Waals surface area (Å²) in [6.07, 6.45) is 3.32. The third-order valence-corrected chi connectivity index (χ3v) is 4.68. The number of nitrogens with zero attached hydrogens (tertiary/aromatic N) is 4. The zero-order valence-electron chi connectivity index (χ0n) is 13.4. The van der Waals surface area contributed by atoms with Gasteiger partial charge in [0.15, 0.2) is 5.16 Å². The molecule has 0 spiro atoms. The second kappa shape index (κ2) is 7.27. The number of aromatic nitrogens is 4. The predicted octanol–water partition coefficient (Wildman–Crippen LogP) is 3.32. The number of hydrogen-bond donors (Lipinski definition) is 1. The van der Waals surface area contributed by atoms with Crippen molar-refractivity contribution in [2.24, 2.45) is 7.05 Å². The fraction of sp³-hybridized carbons (Fsp3) is 0.176. The largest absolute Gasteiger partial charge is 0.312 e. The molecule has 0 saturated carbocycles. The van der Waals surface area contributed by atoms with E-state index in [-0.39, 0.29) is 11.2 Å². The molecular formula is C17H17N5OS. The third-order valence-electron chi connectivity index (χ3n) is 3.48. The van der Waals surface area contributed by atoms with Crippen LogP contribution >= 0.6 is 11.8 Å². The lowest BCUT2D eigenvalue weighted by molar-refractivity contribution is 0.102. The molecule has 6 nitrogen and oxygen atoms in total. The number of rotatable bonds is 5. The number of amides is 1. The SMILES string of the molecule is CC(Sc1nncn1C)c1cccc(C(=O)Nc2ccccn2)c1. The molecule has 1 aromatic carbocycles.